The number of sulfonamides is 1. The molecular weight excluding hydrogens is 547 g/mol. The highest BCUT2D eigenvalue weighted by molar-refractivity contribution is 7.89. The van der Waals surface area contributed by atoms with Crippen LogP contribution >= 0.6 is 0 Å². The maximum atomic E-state index is 13.9. The molecule has 10 heteroatoms. The van der Waals surface area contributed by atoms with E-state index in [9.17, 15) is 22.4 Å². The predicted octanol–water partition coefficient (Wildman–Crippen LogP) is 4.64. The molecule has 4 aromatic rings. The molecule has 3 aromatic carbocycles. The number of halogens is 1. The molecule has 0 radical (unpaired) electrons. The standard InChI is InChI=1S/C31H31FN2O6S/c1-22-8-14-27(15-9-22)41(37,38)34(19-26-5-4-16-39-26)20-30(35)33(17-23-10-12-25(32)13-11-23)18-24-21-40-29-7-3-2-6-28(29)31(24)36/h2-3,6-15,21,26H,4-5,16-20H2,1H3. The van der Waals surface area contributed by atoms with E-state index in [1.165, 1.54) is 35.4 Å². The number of carbonyl (C=O) groups is 1. The Morgan fingerprint density at radius 2 is 1.73 bits per heavy atom. The predicted molar refractivity (Wildman–Crippen MR) is 152 cm³/mol. The number of benzene rings is 3. The number of hydrogen-bond acceptors (Lipinski definition) is 6. The highest BCUT2D eigenvalue weighted by Gasteiger charge is 2.32. The third kappa shape index (κ3) is 6.73. The maximum Gasteiger partial charge on any atom is 0.243 e. The van der Waals surface area contributed by atoms with E-state index >= 15 is 0 Å². The Morgan fingerprint density at radius 3 is 2.44 bits per heavy atom. The van der Waals surface area contributed by atoms with Gasteiger partial charge < -0.3 is 14.1 Å². The maximum absolute atomic E-state index is 13.9. The summed E-state index contributed by atoms with van der Waals surface area (Å²) in [6.07, 6.45) is 2.49. The van der Waals surface area contributed by atoms with Gasteiger partial charge in [0, 0.05) is 19.7 Å². The van der Waals surface area contributed by atoms with Crippen LogP contribution in [-0.4, -0.2) is 49.3 Å². The van der Waals surface area contributed by atoms with E-state index in [0.29, 0.717) is 29.6 Å². The third-order valence-corrected chi connectivity index (χ3v) is 8.98. The summed E-state index contributed by atoms with van der Waals surface area (Å²) in [7, 11) is -4.05. The molecule has 1 unspecified atom stereocenters. The number of para-hydroxylation sites is 1. The normalized spacial score (nSPS) is 15.4. The van der Waals surface area contributed by atoms with Crippen molar-refractivity contribution in [1.82, 2.24) is 9.21 Å². The van der Waals surface area contributed by atoms with E-state index in [0.717, 1.165) is 16.3 Å². The van der Waals surface area contributed by atoms with Crippen LogP contribution in [0.25, 0.3) is 11.0 Å². The minimum atomic E-state index is -4.05. The van der Waals surface area contributed by atoms with E-state index in [2.05, 4.69) is 0 Å². The lowest BCUT2D eigenvalue weighted by Gasteiger charge is -2.28. The fourth-order valence-corrected chi connectivity index (χ4v) is 6.27. The van der Waals surface area contributed by atoms with E-state index < -0.39 is 28.3 Å². The fourth-order valence-electron chi connectivity index (χ4n) is 4.85. The Kier molecular flexibility index (Phi) is 8.63. The minimum absolute atomic E-state index is 0.0183. The average molecular weight is 579 g/mol. The van der Waals surface area contributed by atoms with Crippen LogP contribution in [0.3, 0.4) is 0 Å². The largest absolute Gasteiger partial charge is 0.464 e. The van der Waals surface area contributed by atoms with Gasteiger partial charge >= 0.3 is 0 Å². The van der Waals surface area contributed by atoms with Gasteiger partial charge in [0.1, 0.15) is 11.4 Å². The topological polar surface area (TPSA) is 97.1 Å². The fraction of sp³-hybridized carbons (Fsp3) is 0.290. The summed E-state index contributed by atoms with van der Waals surface area (Å²) in [4.78, 5) is 28.6. The molecular formula is C31H31FN2O6S. The number of hydrogen-bond donors (Lipinski definition) is 0. The molecule has 0 N–H and O–H groups in total. The molecule has 0 saturated carbocycles. The van der Waals surface area contributed by atoms with Crippen molar-refractivity contribution in [3.05, 3.63) is 112 Å². The van der Waals surface area contributed by atoms with Crippen LogP contribution in [0.5, 0.6) is 0 Å². The summed E-state index contributed by atoms with van der Waals surface area (Å²) in [5, 5.41) is 0.376. The first-order valence-corrected chi connectivity index (χ1v) is 14.8. The molecule has 1 aromatic heterocycles. The number of carbonyl (C=O) groups excluding carboxylic acids is 1. The van der Waals surface area contributed by atoms with Gasteiger partial charge in [-0.1, -0.05) is 42.0 Å². The number of rotatable bonds is 10. The van der Waals surface area contributed by atoms with Crippen molar-refractivity contribution in [2.75, 3.05) is 19.7 Å². The quantitative estimate of drug-likeness (QED) is 0.272. The highest BCUT2D eigenvalue weighted by atomic mass is 32.2. The van der Waals surface area contributed by atoms with Crippen molar-refractivity contribution >= 4 is 26.9 Å². The van der Waals surface area contributed by atoms with Gasteiger partial charge in [0.05, 0.1) is 41.3 Å². The van der Waals surface area contributed by atoms with Crippen LogP contribution in [0.2, 0.25) is 0 Å². The lowest BCUT2D eigenvalue weighted by atomic mass is 10.1. The van der Waals surface area contributed by atoms with Gasteiger partial charge in [-0.2, -0.15) is 4.31 Å². The molecule has 1 amide bonds. The van der Waals surface area contributed by atoms with Gasteiger partial charge in [-0.05, 0) is 61.7 Å². The van der Waals surface area contributed by atoms with Crippen molar-refractivity contribution in [2.45, 2.75) is 43.9 Å². The van der Waals surface area contributed by atoms with Crippen LogP contribution < -0.4 is 5.43 Å². The smallest absolute Gasteiger partial charge is 0.243 e. The molecule has 1 saturated heterocycles. The molecule has 2 heterocycles. The molecule has 8 nitrogen and oxygen atoms in total. The average Bonchev–Trinajstić information content (AvgIpc) is 3.48. The molecule has 0 bridgehead atoms. The Hall–Kier alpha value is -3.86. The first-order valence-electron chi connectivity index (χ1n) is 13.4. The Balaban J connectivity index is 1.47. The van der Waals surface area contributed by atoms with Gasteiger partial charge in [0.25, 0.3) is 0 Å². The molecule has 0 aliphatic carbocycles. The molecule has 1 aliphatic heterocycles. The molecule has 1 atom stereocenters. The summed E-state index contributed by atoms with van der Waals surface area (Å²) >= 11 is 0. The van der Waals surface area contributed by atoms with E-state index in [1.807, 2.05) is 6.92 Å². The van der Waals surface area contributed by atoms with Gasteiger partial charge in [0.2, 0.25) is 15.9 Å². The minimum Gasteiger partial charge on any atom is -0.464 e. The Bertz CT molecular complexity index is 1680. The van der Waals surface area contributed by atoms with Gasteiger partial charge in [-0.3, -0.25) is 9.59 Å². The molecule has 1 fully saturated rings. The van der Waals surface area contributed by atoms with Crippen LogP contribution in [0.4, 0.5) is 4.39 Å². The summed E-state index contributed by atoms with van der Waals surface area (Å²) in [6, 6.07) is 18.9. The number of ether oxygens (including phenoxy) is 1. The number of fused-ring (bicyclic) bond motifs is 1. The van der Waals surface area contributed by atoms with Gasteiger partial charge in [0.15, 0.2) is 5.43 Å². The number of amides is 1. The van der Waals surface area contributed by atoms with Crippen molar-refractivity contribution in [3.8, 4) is 0 Å². The summed E-state index contributed by atoms with van der Waals surface area (Å²) in [6.45, 7) is 1.86. The third-order valence-electron chi connectivity index (χ3n) is 7.15. The summed E-state index contributed by atoms with van der Waals surface area (Å²) < 4.78 is 53.6. The van der Waals surface area contributed by atoms with E-state index in [4.69, 9.17) is 9.15 Å². The van der Waals surface area contributed by atoms with Crippen LogP contribution in [-0.2, 0) is 32.6 Å². The number of aryl methyl sites for hydroxylation is 1. The van der Waals surface area contributed by atoms with Gasteiger partial charge in [-0.25, -0.2) is 12.8 Å². The van der Waals surface area contributed by atoms with Crippen molar-refractivity contribution in [3.63, 3.8) is 0 Å². The first-order chi connectivity index (χ1) is 19.7. The molecule has 5 rings (SSSR count). The Morgan fingerprint density at radius 1 is 1.00 bits per heavy atom. The SMILES string of the molecule is Cc1ccc(S(=O)(=O)N(CC(=O)N(Cc2ccc(F)cc2)Cc2coc3ccccc3c2=O)CC2CCCO2)cc1. The molecule has 0 spiro atoms. The first kappa shape index (κ1) is 28.7. The zero-order chi connectivity index (χ0) is 29.0. The number of nitrogens with zero attached hydrogens (tertiary/aromatic N) is 2. The molecule has 41 heavy (non-hydrogen) atoms. The summed E-state index contributed by atoms with van der Waals surface area (Å²) in [5.74, 6) is -0.940. The van der Waals surface area contributed by atoms with Crippen LogP contribution in [0.15, 0.2) is 93.2 Å². The van der Waals surface area contributed by atoms with Crippen LogP contribution in [0, 0.1) is 12.7 Å². The second kappa shape index (κ2) is 12.3. The molecule has 214 valence electrons. The lowest BCUT2D eigenvalue weighted by Crippen LogP contribution is -2.45. The molecule has 1 aliphatic rings. The second-order valence-corrected chi connectivity index (χ2v) is 12.1. The highest BCUT2D eigenvalue weighted by Crippen LogP contribution is 2.22. The van der Waals surface area contributed by atoms with Gasteiger partial charge in [-0.15, -0.1) is 0 Å². The van der Waals surface area contributed by atoms with Crippen molar-refractivity contribution in [2.24, 2.45) is 0 Å². The Labute approximate surface area is 238 Å². The second-order valence-electron chi connectivity index (χ2n) is 10.2. The van der Waals surface area contributed by atoms with E-state index in [-0.39, 0.29) is 41.6 Å². The zero-order valence-electron chi connectivity index (χ0n) is 22.7. The monoisotopic (exact) mass is 578 g/mol. The van der Waals surface area contributed by atoms with Crippen LogP contribution in [0.1, 0.15) is 29.5 Å². The van der Waals surface area contributed by atoms with Crippen molar-refractivity contribution < 1.29 is 26.8 Å². The lowest BCUT2D eigenvalue weighted by molar-refractivity contribution is -0.132. The summed E-state index contributed by atoms with van der Waals surface area (Å²) in [5.41, 5.74) is 1.91. The van der Waals surface area contributed by atoms with E-state index in [1.54, 1.807) is 48.5 Å². The zero-order valence-corrected chi connectivity index (χ0v) is 23.5. The van der Waals surface area contributed by atoms with Crippen molar-refractivity contribution in [1.29, 1.82) is 0 Å².